The summed E-state index contributed by atoms with van der Waals surface area (Å²) in [6.07, 6.45) is 1.99. The van der Waals surface area contributed by atoms with Gasteiger partial charge in [0.15, 0.2) is 0 Å². The van der Waals surface area contributed by atoms with E-state index in [9.17, 15) is 8.78 Å². The molecule has 1 aromatic rings. The normalized spacial score (nSPS) is 18.1. The Morgan fingerprint density at radius 2 is 2.25 bits per heavy atom. The first-order valence-corrected chi connectivity index (χ1v) is 7.08. The molecule has 0 saturated heterocycles. The van der Waals surface area contributed by atoms with E-state index in [0.29, 0.717) is 12.1 Å². The van der Waals surface area contributed by atoms with Crippen LogP contribution < -0.4 is 5.32 Å². The molecule has 1 heterocycles. The zero-order valence-corrected chi connectivity index (χ0v) is 12.2. The number of allylic oxidation sites excluding steroid dienone is 1. The number of nitrogens with one attached hydrogen (secondary N) is 1. The quantitative estimate of drug-likeness (QED) is 0.810. The summed E-state index contributed by atoms with van der Waals surface area (Å²) >= 11 is 0. The van der Waals surface area contributed by atoms with Gasteiger partial charge in [-0.2, -0.15) is 0 Å². The maximum absolute atomic E-state index is 12.8. The predicted molar refractivity (Wildman–Crippen MR) is 80.3 cm³/mol. The van der Waals surface area contributed by atoms with Gasteiger partial charge in [-0.05, 0) is 49.3 Å². The third-order valence-corrected chi connectivity index (χ3v) is 3.81. The lowest BCUT2D eigenvalue weighted by atomic mass is 9.57. The van der Waals surface area contributed by atoms with Gasteiger partial charge in [-0.3, -0.25) is 0 Å². The zero-order valence-electron chi connectivity index (χ0n) is 12.2. The molecule has 1 nitrogen and oxygen atoms in total. The summed E-state index contributed by atoms with van der Waals surface area (Å²) in [5, 5.41) is 3.27. The highest BCUT2D eigenvalue weighted by Gasteiger charge is 2.23. The lowest BCUT2D eigenvalue weighted by molar-refractivity contribution is 0.0129. The standard InChI is InChI=1S/C16H21BF2N/c1-11-5-4-6-13-9-15(17-10-14(11)13)20-12(2)7-8-16(3,18)19/h4-6,15,20H,2,7-10H2,1,3H3. The molecular weight excluding hydrogens is 255 g/mol. The molecule has 0 aliphatic carbocycles. The van der Waals surface area contributed by atoms with Crippen molar-refractivity contribution in [3.63, 3.8) is 0 Å². The first-order valence-electron chi connectivity index (χ1n) is 7.08. The summed E-state index contributed by atoms with van der Waals surface area (Å²) in [6.45, 7) is 6.94. The Morgan fingerprint density at radius 3 is 2.95 bits per heavy atom. The maximum Gasteiger partial charge on any atom is 0.245 e. The highest BCUT2D eigenvalue weighted by Crippen LogP contribution is 2.23. The van der Waals surface area contributed by atoms with E-state index < -0.39 is 5.92 Å². The molecule has 0 spiro atoms. The molecule has 20 heavy (non-hydrogen) atoms. The predicted octanol–water partition coefficient (Wildman–Crippen LogP) is 3.62. The van der Waals surface area contributed by atoms with Crippen LogP contribution in [-0.4, -0.2) is 19.1 Å². The monoisotopic (exact) mass is 276 g/mol. The summed E-state index contributed by atoms with van der Waals surface area (Å²) < 4.78 is 25.7. The van der Waals surface area contributed by atoms with Crippen LogP contribution in [0.15, 0.2) is 30.5 Å². The molecule has 4 heteroatoms. The third-order valence-electron chi connectivity index (χ3n) is 3.81. The van der Waals surface area contributed by atoms with Gasteiger partial charge in [0, 0.05) is 12.1 Å². The van der Waals surface area contributed by atoms with Crippen LogP contribution in [0.3, 0.4) is 0 Å². The van der Waals surface area contributed by atoms with Crippen molar-refractivity contribution in [2.45, 2.75) is 51.3 Å². The van der Waals surface area contributed by atoms with E-state index in [1.165, 1.54) is 16.7 Å². The highest BCUT2D eigenvalue weighted by molar-refractivity contribution is 6.38. The molecule has 2 rings (SSSR count). The van der Waals surface area contributed by atoms with Crippen molar-refractivity contribution < 1.29 is 8.78 Å². The zero-order chi connectivity index (χ0) is 14.8. The van der Waals surface area contributed by atoms with Gasteiger partial charge in [0.1, 0.15) is 7.28 Å². The highest BCUT2D eigenvalue weighted by atomic mass is 19.3. The molecule has 1 N–H and O–H groups in total. The van der Waals surface area contributed by atoms with E-state index in [2.05, 4.69) is 44.3 Å². The first kappa shape index (κ1) is 15.1. The van der Waals surface area contributed by atoms with Crippen LogP contribution in [0.25, 0.3) is 0 Å². The van der Waals surface area contributed by atoms with Crippen LogP contribution in [0.2, 0.25) is 0 Å². The number of fused-ring (bicyclic) bond motifs is 1. The van der Waals surface area contributed by atoms with Gasteiger partial charge in [-0.15, -0.1) is 0 Å². The molecular formula is C16H21BF2N. The number of hydrogen-bond acceptors (Lipinski definition) is 1. The smallest absolute Gasteiger partial charge is 0.245 e. The number of rotatable bonds is 5. The molecule has 1 aliphatic rings. The molecule has 0 amide bonds. The van der Waals surface area contributed by atoms with Gasteiger partial charge in [0.05, 0.1) is 0 Å². The molecule has 0 bridgehead atoms. The molecule has 1 aliphatic heterocycles. The van der Waals surface area contributed by atoms with E-state index in [-0.39, 0.29) is 12.4 Å². The fourth-order valence-electron chi connectivity index (χ4n) is 2.64. The van der Waals surface area contributed by atoms with Crippen molar-refractivity contribution >= 4 is 7.28 Å². The average molecular weight is 276 g/mol. The second-order valence-corrected chi connectivity index (χ2v) is 5.78. The molecule has 0 saturated carbocycles. The Bertz CT molecular complexity index is 494. The van der Waals surface area contributed by atoms with Gasteiger partial charge < -0.3 is 5.32 Å². The summed E-state index contributed by atoms with van der Waals surface area (Å²) in [4.78, 5) is 0. The van der Waals surface area contributed by atoms with Crippen molar-refractivity contribution in [1.82, 2.24) is 5.32 Å². The number of halogens is 2. The van der Waals surface area contributed by atoms with Crippen LogP contribution in [0.1, 0.15) is 36.5 Å². The summed E-state index contributed by atoms with van der Waals surface area (Å²) in [5.41, 5.74) is 4.76. The topological polar surface area (TPSA) is 12.0 Å². The number of alkyl halides is 2. The Kier molecular flexibility index (Phi) is 4.51. The van der Waals surface area contributed by atoms with Crippen molar-refractivity contribution in [2.24, 2.45) is 0 Å². The number of hydrogen-bond donors (Lipinski definition) is 1. The molecule has 107 valence electrons. The Balaban J connectivity index is 1.89. The van der Waals surface area contributed by atoms with E-state index in [1.54, 1.807) is 0 Å². The molecule has 1 atom stereocenters. The third kappa shape index (κ3) is 4.09. The Labute approximate surface area is 120 Å². The lowest BCUT2D eigenvalue weighted by Crippen LogP contribution is -2.40. The largest absolute Gasteiger partial charge is 0.394 e. The van der Waals surface area contributed by atoms with E-state index in [1.807, 2.05) is 0 Å². The van der Waals surface area contributed by atoms with Crippen LogP contribution >= 0.6 is 0 Å². The second-order valence-electron chi connectivity index (χ2n) is 5.78. The van der Waals surface area contributed by atoms with Gasteiger partial charge in [-0.25, -0.2) is 8.78 Å². The van der Waals surface area contributed by atoms with E-state index >= 15 is 0 Å². The molecule has 1 unspecified atom stereocenters. The minimum atomic E-state index is -2.62. The molecule has 1 radical (unpaired) electrons. The number of aryl methyl sites for hydroxylation is 1. The van der Waals surface area contributed by atoms with Crippen molar-refractivity contribution in [3.05, 3.63) is 47.2 Å². The SMILES string of the molecule is C=C(CCC(C)(F)F)NC1[B]Cc2c(C)cccc2C1. The maximum atomic E-state index is 12.8. The van der Waals surface area contributed by atoms with Crippen LogP contribution in [-0.2, 0) is 12.7 Å². The molecule has 0 fully saturated rings. The summed E-state index contributed by atoms with van der Waals surface area (Å²) in [6, 6.07) is 6.35. The minimum absolute atomic E-state index is 0.152. The Morgan fingerprint density at radius 1 is 1.50 bits per heavy atom. The minimum Gasteiger partial charge on any atom is -0.394 e. The van der Waals surface area contributed by atoms with Gasteiger partial charge >= 0.3 is 0 Å². The van der Waals surface area contributed by atoms with Crippen molar-refractivity contribution in [1.29, 1.82) is 0 Å². The van der Waals surface area contributed by atoms with Gasteiger partial charge in [-0.1, -0.05) is 31.1 Å². The fraction of sp³-hybridized carbons (Fsp3) is 0.500. The van der Waals surface area contributed by atoms with Crippen LogP contribution in [0.4, 0.5) is 8.78 Å². The molecule has 0 aromatic heterocycles. The van der Waals surface area contributed by atoms with E-state index in [0.717, 1.165) is 19.7 Å². The Hall–Kier alpha value is -1.32. The summed E-state index contributed by atoms with van der Waals surface area (Å²) in [5.74, 6) is -2.42. The first-order chi connectivity index (χ1) is 9.35. The lowest BCUT2D eigenvalue weighted by Gasteiger charge is -2.28. The van der Waals surface area contributed by atoms with Gasteiger partial charge in [0.25, 0.3) is 0 Å². The van der Waals surface area contributed by atoms with Crippen molar-refractivity contribution in [3.8, 4) is 0 Å². The van der Waals surface area contributed by atoms with Crippen LogP contribution in [0.5, 0.6) is 0 Å². The average Bonchev–Trinajstić information content (AvgIpc) is 2.36. The summed E-state index contributed by atoms with van der Waals surface area (Å²) in [7, 11) is 2.21. The van der Waals surface area contributed by atoms with Crippen LogP contribution in [0, 0.1) is 6.92 Å². The fourth-order valence-corrected chi connectivity index (χ4v) is 2.64. The molecule has 1 aromatic carbocycles. The van der Waals surface area contributed by atoms with E-state index in [4.69, 9.17) is 0 Å². The van der Waals surface area contributed by atoms with Crippen molar-refractivity contribution in [2.75, 3.05) is 0 Å². The van der Waals surface area contributed by atoms with Gasteiger partial charge in [0.2, 0.25) is 5.92 Å². The number of benzene rings is 1. The second kappa shape index (κ2) is 5.98.